The molecule has 0 aliphatic heterocycles. The Kier molecular flexibility index (Phi) is 2.91. The first-order chi connectivity index (χ1) is 8.47. The van der Waals surface area contributed by atoms with Crippen molar-refractivity contribution in [3.63, 3.8) is 0 Å². The number of rotatable bonds is 0. The minimum atomic E-state index is 0.187. The Morgan fingerprint density at radius 1 is 0.889 bits per heavy atom. The summed E-state index contributed by atoms with van der Waals surface area (Å²) in [6, 6.07) is 13.2. The van der Waals surface area contributed by atoms with E-state index >= 15 is 0 Å². The molecule has 0 saturated carbocycles. The Bertz CT molecular complexity index is 627. The van der Waals surface area contributed by atoms with Gasteiger partial charge in [0.1, 0.15) is 0 Å². The van der Waals surface area contributed by atoms with Crippen molar-refractivity contribution in [3.05, 3.63) is 56.5 Å². The topological polar surface area (TPSA) is 0 Å². The second kappa shape index (κ2) is 4.21. The fourth-order valence-corrected chi connectivity index (χ4v) is 3.62. The minimum absolute atomic E-state index is 0.187. The van der Waals surface area contributed by atoms with Crippen LogP contribution < -0.4 is 0 Å². The maximum Gasteiger partial charge on any atom is 0.0178 e. The number of hydrogen-bond donors (Lipinski definition) is 0. The largest absolute Gasteiger partial charge is 0.0555 e. The molecule has 0 aromatic heterocycles. The highest BCUT2D eigenvalue weighted by Crippen LogP contribution is 2.44. The van der Waals surface area contributed by atoms with E-state index in [1.807, 2.05) is 0 Å². The zero-order chi connectivity index (χ0) is 12.9. The third-order valence-electron chi connectivity index (χ3n) is 3.70. The Morgan fingerprint density at radius 3 is 2.22 bits per heavy atom. The summed E-state index contributed by atoms with van der Waals surface area (Å²) < 4.78 is 2.33. The summed E-state index contributed by atoms with van der Waals surface area (Å²) in [5, 5.41) is 0. The molecule has 2 aromatic carbocycles. The number of hydrogen-bond acceptors (Lipinski definition) is 0. The summed E-state index contributed by atoms with van der Waals surface area (Å²) in [7, 11) is 0. The fraction of sp³-hybridized carbons (Fsp3) is 0.250. The lowest BCUT2D eigenvalue weighted by Gasteiger charge is -2.34. The smallest absolute Gasteiger partial charge is 0.0178 e. The van der Waals surface area contributed by atoms with Gasteiger partial charge in [0.15, 0.2) is 0 Å². The summed E-state index contributed by atoms with van der Waals surface area (Å²) in [5.41, 5.74) is 5.81. The molecule has 0 amide bonds. The molecular formula is C16H14Br2. The predicted molar refractivity (Wildman–Crippen MR) is 84.0 cm³/mol. The molecule has 2 aromatic rings. The quantitative estimate of drug-likeness (QED) is 0.560. The fourth-order valence-electron chi connectivity index (χ4n) is 2.85. The van der Waals surface area contributed by atoms with Gasteiger partial charge in [0.2, 0.25) is 0 Å². The lowest BCUT2D eigenvalue weighted by atomic mass is 9.70. The van der Waals surface area contributed by atoms with E-state index in [0.717, 1.165) is 15.4 Å². The molecule has 18 heavy (non-hydrogen) atoms. The van der Waals surface area contributed by atoms with E-state index in [-0.39, 0.29) is 5.41 Å². The van der Waals surface area contributed by atoms with Crippen LogP contribution in [-0.2, 0) is 11.8 Å². The molecule has 2 heteroatoms. The van der Waals surface area contributed by atoms with Crippen LogP contribution in [0.2, 0.25) is 0 Å². The van der Waals surface area contributed by atoms with Crippen LogP contribution >= 0.6 is 31.9 Å². The van der Waals surface area contributed by atoms with Crippen LogP contribution in [0.3, 0.4) is 0 Å². The summed E-state index contributed by atoms with van der Waals surface area (Å²) >= 11 is 7.16. The van der Waals surface area contributed by atoms with Gasteiger partial charge >= 0.3 is 0 Å². The lowest BCUT2D eigenvalue weighted by Crippen LogP contribution is -2.25. The van der Waals surface area contributed by atoms with Crippen molar-refractivity contribution in [2.75, 3.05) is 0 Å². The molecule has 0 bridgehead atoms. The summed E-state index contributed by atoms with van der Waals surface area (Å²) in [4.78, 5) is 0. The lowest BCUT2D eigenvalue weighted by molar-refractivity contribution is 0.517. The summed E-state index contributed by atoms with van der Waals surface area (Å²) in [5.74, 6) is 0. The van der Waals surface area contributed by atoms with Crippen molar-refractivity contribution in [3.8, 4) is 11.1 Å². The zero-order valence-electron chi connectivity index (χ0n) is 10.4. The van der Waals surface area contributed by atoms with E-state index in [2.05, 4.69) is 82.1 Å². The van der Waals surface area contributed by atoms with Crippen molar-refractivity contribution in [1.82, 2.24) is 0 Å². The predicted octanol–water partition coefficient (Wildman–Crippen LogP) is 5.71. The van der Waals surface area contributed by atoms with Gasteiger partial charge in [0, 0.05) is 8.95 Å². The standard InChI is InChI=1S/C16H14Br2/c1-16(2)9-10-7-11(17)3-5-13(10)14-6-4-12(18)8-15(14)16/h3-8H,9H2,1-2H3. The first kappa shape index (κ1) is 12.4. The van der Waals surface area contributed by atoms with Crippen LogP contribution in [-0.4, -0.2) is 0 Å². The third-order valence-corrected chi connectivity index (χ3v) is 4.69. The van der Waals surface area contributed by atoms with Gasteiger partial charge in [-0.1, -0.05) is 57.8 Å². The summed E-state index contributed by atoms with van der Waals surface area (Å²) in [6.07, 6.45) is 1.09. The van der Waals surface area contributed by atoms with Crippen LogP contribution in [0, 0.1) is 0 Å². The number of halogens is 2. The van der Waals surface area contributed by atoms with Gasteiger partial charge in [-0.05, 0) is 58.4 Å². The van der Waals surface area contributed by atoms with Crippen molar-refractivity contribution in [2.45, 2.75) is 25.7 Å². The molecule has 0 saturated heterocycles. The highest BCUT2D eigenvalue weighted by molar-refractivity contribution is 9.10. The second-order valence-corrected chi connectivity index (χ2v) is 7.38. The normalized spacial score (nSPS) is 16.0. The molecular weight excluding hydrogens is 352 g/mol. The number of fused-ring (bicyclic) bond motifs is 3. The van der Waals surface area contributed by atoms with Crippen LogP contribution in [0.4, 0.5) is 0 Å². The van der Waals surface area contributed by atoms with Gasteiger partial charge in [-0.3, -0.25) is 0 Å². The molecule has 0 nitrogen and oxygen atoms in total. The van der Waals surface area contributed by atoms with Gasteiger partial charge < -0.3 is 0 Å². The molecule has 0 spiro atoms. The third kappa shape index (κ3) is 1.96. The Hall–Kier alpha value is -0.600. The SMILES string of the molecule is CC1(C)Cc2cc(Br)ccc2-c2ccc(Br)cc21. The van der Waals surface area contributed by atoms with E-state index in [4.69, 9.17) is 0 Å². The zero-order valence-corrected chi connectivity index (χ0v) is 13.6. The van der Waals surface area contributed by atoms with Crippen LogP contribution in [0.25, 0.3) is 11.1 Å². The van der Waals surface area contributed by atoms with Crippen molar-refractivity contribution in [2.24, 2.45) is 0 Å². The van der Waals surface area contributed by atoms with E-state index in [1.54, 1.807) is 0 Å². The molecule has 0 unspecified atom stereocenters. The maximum atomic E-state index is 3.59. The average molecular weight is 366 g/mol. The Labute approximate surface area is 125 Å². The minimum Gasteiger partial charge on any atom is -0.0555 e. The Balaban J connectivity index is 2.31. The van der Waals surface area contributed by atoms with Gasteiger partial charge in [0.05, 0.1) is 0 Å². The highest BCUT2D eigenvalue weighted by Gasteiger charge is 2.30. The van der Waals surface area contributed by atoms with E-state index in [9.17, 15) is 0 Å². The molecule has 0 N–H and O–H groups in total. The van der Waals surface area contributed by atoms with E-state index < -0.39 is 0 Å². The monoisotopic (exact) mass is 364 g/mol. The van der Waals surface area contributed by atoms with Crippen LogP contribution in [0.5, 0.6) is 0 Å². The molecule has 1 aliphatic carbocycles. The van der Waals surface area contributed by atoms with E-state index in [1.165, 1.54) is 22.3 Å². The second-order valence-electron chi connectivity index (χ2n) is 5.55. The molecule has 0 heterocycles. The van der Waals surface area contributed by atoms with Crippen molar-refractivity contribution in [1.29, 1.82) is 0 Å². The summed E-state index contributed by atoms with van der Waals surface area (Å²) in [6.45, 7) is 4.64. The van der Waals surface area contributed by atoms with Gasteiger partial charge in [-0.15, -0.1) is 0 Å². The first-order valence-corrected chi connectivity index (χ1v) is 7.65. The van der Waals surface area contributed by atoms with Gasteiger partial charge in [-0.2, -0.15) is 0 Å². The molecule has 0 radical (unpaired) electrons. The molecule has 1 aliphatic rings. The average Bonchev–Trinajstić information content (AvgIpc) is 2.28. The van der Waals surface area contributed by atoms with Crippen LogP contribution in [0.15, 0.2) is 45.3 Å². The molecule has 0 atom stereocenters. The molecule has 92 valence electrons. The maximum absolute atomic E-state index is 3.59. The van der Waals surface area contributed by atoms with Crippen LogP contribution in [0.1, 0.15) is 25.0 Å². The number of benzene rings is 2. The van der Waals surface area contributed by atoms with Gasteiger partial charge in [-0.25, -0.2) is 0 Å². The Morgan fingerprint density at radius 2 is 1.50 bits per heavy atom. The van der Waals surface area contributed by atoms with E-state index in [0.29, 0.717) is 0 Å². The first-order valence-electron chi connectivity index (χ1n) is 6.06. The molecule has 3 rings (SSSR count). The molecule has 0 fully saturated rings. The van der Waals surface area contributed by atoms with Crippen molar-refractivity contribution >= 4 is 31.9 Å². The van der Waals surface area contributed by atoms with Gasteiger partial charge in [0.25, 0.3) is 0 Å². The van der Waals surface area contributed by atoms with Crippen molar-refractivity contribution < 1.29 is 0 Å². The highest BCUT2D eigenvalue weighted by atomic mass is 79.9.